The van der Waals surface area contributed by atoms with Gasteiger partial charge in [0.2, 0.25) is 0 Å². The summed E-state index contributed by atoms with van der Waals surface area (Å²) in [6.07, 6.45) is 0.977. The highest BCUT2D eigenvalue weighted by atomic mass is 28.5. The highest BCUT2D eigenvalue weighted by molar-refractivity contribution is 6.81. The van der Waals surface area contributed by atoms with Crippen molar-refractivity contribution in [1.82, 2.24) is 0 Å². The predicted molar refractivity (Wildman–Crippen MR) is 71.2 cm³/mol. The van der Waals surface area contributed by atoms with Gasteiger partial charge in [-0.05, 0) is 38.7 Å². The van der Waals surface area contributed by atoms with Gasteiger partial charge < -0.3 is 18.4 Å². The summed E-state index contributed by atoms with van der Waals surface area (Å²) in [5, 5.41) is 0. The molecule has 0 heterocycles. The van der Waals surface area contributed by atoms with Crippen molar-refractivity contribution in [3.63, 3.8) is 0 Å². The van der Waals surface area contributed by atoms with E-state index in [2.05, 4.69) is 26.2 Å². The van der Waals surface area contributed by atoms with E-state index in [0.29, 0.717) is 6.54 Å². The molecular weight excluding hydrogens is 242 g/mol. The molecule has 92 valence electrons. The summed E-state index contributed by atoms with van der Waals surface area (Å²) in [6.45, 7) is 9.09. The van der Waals surface area contributed by atoms with Gasteiger partial charge in [0.1, 0.15) is 9.76 Å². The Balaban J connectivity index is 4.35. The summed E-state index contributed by atoms with van der Waals surface area (Å²) in [5.41, 5.74) is 5.53. The minimum absolute atomic E-state index is 0.432. The molecule has 0 spiro atoms. The third-order valence-electron chi connectivity index (χ3n) is 2.24. The summed E-state index contributed by atoms with van der Waals surface area (Å²) in [5.74, 6) is 0. The molecule has 0 rings (SSSR count). The summed E-state index contributed by atoms with van der Waals surface area (Å²) in [6, 6.07) is 0.976. The summed E-state index contributed by atoms with van der Waals surface area (Å²) >= 11 is 0. The first-order valence-electron chi connectivity index (χ1n) is 5.48. The van der Waals surface area contributed by atoms with Gasteiger partial charge in [-0.15, -0.1) is 0 Å². The smallest absolute Gasteiger partial charge is 0.322 e. The van der Waals surface area contributed by atoms with Crippen LogP contribution in [0, 0.1) is 0 Å². The van der Waals surface area contributed by atoms with Crippen molar-refractivity contribution in [1.29, 1.82) is 0 Å². The van der Waals surface area contributed by atoms with Gasteiger partial charge >= 0.3 is 17.1 Å². The molecule has 0 aromatic rings. The van der Waals surface area contributed by atoms with E-state index in [0.717, 1.165) is 12.5 Å². The van der Waals surface area contributed by atoms with Crippen molar-refractivity contribution >= 4 is 26.9 Å². The zero-order valence-corrected chi connectivity index (χ0v) is 14.0. The molecule has 0 aromatic carbocycles. The molecule has 1 atom stereocenters. The van der Waals surface area contributed by atoms with E-state index in [1.807, 2.05) is 0 Å². The number of hydrogen-bond donors (Lipinski definition) is 1. The van der Waals surface area contributed by atoms with Crippen LogP contribution < -0.4 is 5.73 Å². The van der Waals surface area contributed by atoms with Gasteiger partial charge in [-0.3, -0.25) is 0 Å². The first-order chi connectivity index (χ1) is 6.89. The highest BCUT2D eigenvalue weighted by Gasteiger charge is 2.38. The van der Waals surface area contributed by atoms with Crippen LogP contribution in [0.15, 0.2) is 0 Å². The van der Waals surface area contributed by atoms with Crippen molar-refractivity contribution in [2.45, 2.75) is 38.7 Å². The molecule has 2 N–H and O–H groups in total. The second-order valence-electron chi connectivity index (χ2n) is 4.17. The second-order valence-corrected chi connectivity index (χ2v) is 12.7. The van der Waals surface area contributed by atoms with Crippen LogP contribution in [-0.4, -0.2) is 40.5 Å². The quantitative estimate of drug-likeness (QED) is 0.665. The van der Waals surface area contributed by atoms with Crippen molar-refractivity contribution in [2.24, 2.45) is 5.73 Å². The lowest BCUT2D eigenvalue weighted by Crippen LogP contribution is -2.50. The van der Waals surface area contributed by atoms with Gasteiger partial charge in [0.15, 0.2) is 0 Å². The molecule has 1 unspecified atom stereocenters. The average molecular weight is 268 g/mol. The minimum atomic E-state index is -2.01. The normalized spacial score (nSPS) is 17.2. The van der Waals surface area contributed by atoms with Crippen LogP contribution in [0.25, 0.3) is 0 Å². The molecule has 0 amide bonds. The largest absolute Gasteiger partial charge is 0.442 e. The lowest BCUT2D eigenvalue weighted by atomic mass is 10.5. The van der Waals surface area contributed by atoms with Crippen molar-refractivity contribution < 1.29 is 12.7 Å². The van der Waals surface area contributed by atoms with E-state index in [4.69, 9.17) is 18.4 Å². The van der Waals surface area contributed by atoms with Gasteiger partial charge in [0.05, 0.1) is 0 Å². The van der Waals surface area contributed by atoms with Crippen molar-refractivity contribution in [3.8, 4) is 0 Å². The highest BCUT2D eigenvalue weighted by Crippen LogP contribution is 2.21. The molecule has 0 radical (unpaired) electrons. The topological polar surface area (TPSA) is 53.7 Å². The molecule has 15 heavy (non-hydrogen) atoms. The summed E-state index contributed by atoms with van der Waals surface area (Å²) in [4.78, 5) is 0. The van der Waals surface area contributed by atoms with Gasteiger partial charge in [-0.25, -0.2) is 0 Å². The second kappa shape index (κ2) is 6.94. The SMILES string of the molecule is CO[Si](C)(C)O[Si](C)(CCCN)O[SiH2]C. The third kappa shape index (κ3) is 6.61. The Kier molecular flexibility index (Phi) is 7.17. The number of nitrogens with two attached hydrogens (primary N) is 1. The van der Waals surface area contributed by atoms with Crippen LogP contribution in [0.2, 0.25) is 32.2 Å². The monoisotopic (exact) mass is 267 g/mol. The molecular formula is C8H25NO3Si3. The first-order valence-corrected chi connectivity index (χ1v) is 12.8. The predicted octanol–water partition coefficient (Wildman–Crippen LogP) is 0.920. The van der Waals surface area contributed by atoms with E-state index >= 15 is 0 Å². The van der Waals surface area contributed by atoms with Gasteiger partial charge in [0, 0.05) is 7.11 Å². The fourth-order valence-corrected chi connectivity index (χ4v) is 11.0. The standard InChI is InChI=1S/C8H25NO3Si3/c1-10-14(3,4)12-15(5,11-13-2)8-6-7-9/h6-9,13H2,1-5H3. The molecule has 0 aliphatic heterocycles. The lowest BCUT2D eigenvalue weighted by molar-refractivity contribution is 0.279. The Labute approximate surface area is 97.9 Å². The first kappa shape index (κ1) is 15.5. The maximum absolute atomic E-state index is 6.13. The Hall–Kier alpha value is 0.491. The van der Waals surface area contributed by atoms with E-state index in [-0.39, 0.29) is 0 Å². The Bertz CT molecular complexity index is 183. The Morgan fingerprint density at radius 1 is 1.27 bits per heavy atom. The van der Waals surface area contributed by atoms with E-state index in [9.17, 15) is 0 Å². The van der Waals surface area contributed by atoms with Gasteiger partial charge in [-0.2, -0.15) is 0 Å². The van der Waals surface area contributed by atoms with E-state index in [1.54, 1.807) is 7.11 Å². The average Bonchev–Trinajstić information content (AvgIpc) is 2.14. The molecule has 0 bridgehead atoms. The van der Waals surface area contributed by atoms with Crippen molar-refractivity contribution in [3.05, 3.63) is 0 Å². The van der Waals surface area contributed by atoms with Crippen LogP contribution in [-0.2, 0) is 12.7 Å². The Morgan fingerprint density at radius 3 is 2.27 bits per heavy atom. The van der Waals surface area contributed by atoms with Crippen LogP contribution in [0.1, 0.15) is 6.42 Å². The van der Waals surface area contributed by atoms with E-state index < -0.39 is 26.9 Å². The number of rotatable bonds is 8. The fourth-order valence-electron chi connectivity index (χ4n) is 1.44. The molecule has 0 saturated heterocycles. The van der Waals surface area contributed by atoms with Crippen LogP contribution >= 0.6 is 0 Å². The third-order valence-corrected chi connectivity index (χ3v) is 11.8. The molecule has 0 aromatic heterocycles. The molecule has 0 saturated carbocycles. The molecule has 0 fully saturated rings. The minimum Gasteiger partial charge on any atom is -0.442 e. The van der Waals surface area contributed by atoms with Crippen LogP contribution in [0.3, 0.4) is 0 Å². The lowest BCUT2D eigenvalue weighted by Gasteiger charge is -2.34. The number of hydrogen-bond acceptors (Lipinski definition) is 4. The molecule has 0 aliphatic carbocycles. The summed E-state index contributed by atoms with van der Waals surface area (Å²) < 4.78 is 17.5. The van der Waals surface area contributed by atoms with Crippen LogP contribution in [0.5, 0.6) is 0 Å². The Morgan fingerprint density at radius 2 is 1.87 bits per heavy atom. The van der Waals surface area contributed by atoms with Crippen molar-refractivity contribution in [2.75, 3.05) is 13.7 Å². The molecule has 0 aliphatic rings. The van der Waals surface area contributed by atoms with Crippen LogP contribution in [0.4, 0.5) is 0 Å². The fraction of sp³-hybridized carbons (Fsp3) is 1.00. The van der Waals surface area contributed by atoms with Gasteiger partial charge in [0.25, 0.3) is 0 Å². The zero-order valence-electron chi connectivity index (χ0n) is 10.6. The molecule has 4 nitrogen and oxygen atoms in total. The maximum atomic E-state index is 6.13. The molecule has 7 heteroatoms. The zero-order chi connectivity index (χ0) is 11.9. The van der Waals surface area contributed by atoms with Gasteiger partial charge in [-0.1, -0.05) is 6.55 Å². The summed E-state index contributed by atoms with van der Waals surface area (Å²) in [7, 11) is -2.71. The maximum Gasteiger partial charge on any atom is 0.322 e. The van der Waals surface area contributed by atoms with E-state index in [1.165, 1.54) is 0 Å².